The minimum absolute atomic E-state index is 0.0229. The lowest BCUT2D eigenvalue weighted by Crippen LogP contribution is -2.23. The molecular weight excluding hydrogens is 280 g/mol. The Hall–Kier alpha value is -2.62. The van der Waals surface area contributed by atoms with E-state index < -0.39 is 23.9 Å². The number of anilines is 1. The maximum atomic E-state index is 12.0. The first-order chi connectivity index (χ1) is 10.1. The van der Waals surface area contributed by atoms with Gasteiger partial charge < -0.3 is 15.6 Å². The van der Waals surface area contributed by atoms with Crippen LogP contribution in [-0.4, -0.2) is 43.4 Å². The van der Waals surface area contributed by atoms with E-state index in [0.717, 1.165) is 0 Å². The Morgan fingerprint density at radius 2 is 2.52 bits per heavy atom. The molecule has 1 saturated heterocycles. The molecule has 0 spiro atoms. The third-order valence-corrected chi connectivity index (χ3v) is 3.35. The van der Waals surface area contributed by atoms with Gasteiger partial charge in [-0.2, -0.15) is 4.98 Å². The number of aliphatic hydroxyl groups excluding tert-OH is 1. The highest BCUT2D eigenvalue weighted by atomic mass is 16.5. The van der Waals surface area contributed by atoms with Gasteiger partial charge in [0.2, 0.25) is 5.95 Å². The van der Waals surface area contributed by atoms with Gasteiger partial charge in [-0.25, -0.2) is 4.98 Å². The number of aromatic nitrogens is 4. The molecule has 0 saturated carbocycles. The van der Waals surface area contributed by atoms with Gasteiger partial charge in [0.25, 0.3) is 5.56 Å². The fraction of sp³-hybridized carbons (Fsp3) is 0.500. The zero-order valence-corrected chi connectivity index (χ0v) is 10.7. The Bertz CT molecular complexity index is 776. The number of nitrogens with two attached hydrogens (primary N) is 1. The van der Waals surface area contributed by atoms with E-state index in [1.54, 1.807) is 0 Å². The molecule has 1 unspecified atom stereocenters. The number of imidazole rings is 1. The van der Waals surface area contributed by atoms with Gasteiger partial charge in [0.15, 0.2) is 11.2 Å². The summed E-state index contributed by atoms with van der Waals surface area (Å²) in [5.41, 5.74) is 14.0. The van der Waals surface area contributed by atoms with Crippen molar-refractivity contribution in [1.82, 2.24) is 19.5 Å². The molecule has 1 fully saturated rings. The monoisotopic (exact) mass is 292 g/mol. The minimum atomic E-state index is -0.621. The highest BCUT2D eigenvalue weighted by Crippen LogP contribution is 2.32. The number of H-pyrrole nitrogens is 1. The molecule has 4 N–H and O–H groups in total. The number of nitrogens with zero attached hydrogens (tertiary/aromatic N) is 6. The molecule has 11 heteroatoms. The van der Waals surface area contributed by atoms with Crippen LogP contribution in [0.5, 0.6) is 0 Å². The van der Waals surface area contributed by atoms with Crippen molar-refractivity contribution >= 4 is 17.1 Å². The summed E-state index contributed by atoms with van der Waals surface area (Å²) in [6.07, 6.45) is 0.535. The van der Waals surface area contributed by atoms with Crippen molar-refractivity contribution in [3.8, 4) is 0 Å². The normalized spacial score (nSPS) is 25.1. The van der Waals surface area contributed by atoms with E-state index in [4.69, 9.17) is 16.0 Å². The predicted octanol–water partition coefficient (Wildman–Crippen LogP) is -0.340. The standard InChI is InChI=1S/C10H12N8O3/c11-10-14-8-7(9(20)15-10)18(3-13-8)6-1-4(16-17-12)5(2-19)21-6/h3-6,19H,1-2H2,(H3,11,14,15,20)/t4?,5-,6-/m1/s1. The lowest BCUT2D eigenvalue weighted by molar-refractivity contribution is -0.0231. The van der Waals surface area contributed by atoms with E-state index in [9.17, 15) is 9.90 Å². The Labute approximate surface area is 117 Å². The van der Waals surface area contributed by atoms with Gasteiger partial charge in [-0.3, -0.25) is 14.3 Å². The molecule has 3 heterocycles. The zero-order valence-electron chi connectivity index (χ0n) is 10.7. The van der Waals surface area contributed by atoms with Crippen molar-refractivity contribution in [3.05, 3.63) is 27.1 Å². The fourth-order valence-electron chi connectivity index (χ4n) is 2.43. The van der Waals surface area contributed by atoms with Gasteiger partial charge in [-0.15, -0.1) is 0 Å². The van der Waals surface area contributed by atoms with Crippen LogP contribution in [0.1, 0.15) is 12.6 Å². The molecule has 2 aromatic rings. The predicted molar refractivity (Wildman–Crippen MR) is 71.1 cm³/mol. The molecule has 0 aliphatic carbocycles. The summed E-state index contributed by atoms with van der Waals surface area (Å²) >= 11 is 0. The van der Waals surface area contributed by atoms with Gasteiger partial charge in [-0.05, 0) is 5.53 Å². The molecule has 11 nitrogen and oxygen atoms in total. The highest BCUT2D eigenvalue weighted by molar-refractivity contribution is 5.70. The first-order valence-corrected chi connectivity index (χ1v) is 6.17. The molecule has 21 heavy (non-hydrogen) atoms. The molecule has 0 bridgehead atoms. The second-order valence-corrected chi connectivity index (χ2v) is 4.59. The number of fused-ring (bicyclic) bond motifs is 1. The zero-order chi connectivity index (χ0) is 15.0. The van der Waals surface area contributed by atoms with E-state index >= 15 is 0 Å². The van der Waals surface area contributed by atoms with E-state index in [-0.39, 0.29) is 23.7 Å². The highest BCUT2D eigenvalue weighted by Gasteiger charge is 2.36. The van der Waals surface area contributed by atoms with E-state index in [1.807, 2.05) is 0 Å². The molecule has 2 aromatic heterocycles. The Kier molecular flexibility index (Phi) is 3.22. The van der Waals surface area contributed by atoms with Crippen molar-refractivity contribution in [2.45, 2.75) is 24.8 Å². The number of aromatic amines is 1. The van der Waals surface area contributed by atoms with Crippen molar-refractivity contribution < 1.29 is 9.84 Å². The fourth-order valence-corrected chi connectivity index (χ4v) is 2.43. The molecule has 0 amide bonds. The molecule has 3 atom stereocenters. The number of rotatable bonds is 3. The summed E-state index contributed by atoms with van der Waals surface area (Å²) < 4.78 is 7.11. The van der Waals surface area contributed by atoms with Crippen LogP contribution < -0.4 is 11.3 Å². The van der Waals surface area contributed by atoms with Gasteiger partial charge in [0, 0.05) is 11.3 Å². The number of azide groups is 1. The lowest BCUT2D eigenvalue weighted by Gasteiger charge is -2.13. The third-order valence-electron chi connectivity index (χ3n) is 3.35. The Morgan fingerprint density at radius 1 is 1.71 bits per heavy atom. The topological polar surface area (TPSA) is 168 Å². The molecule has 1 aliphatic heterocycles. The number of aliphatic hydroxyl groups is 1. The van der Waals surface area contributed by atoms with Crippen LogP contribution in [0.3, 0.4) is 0 Å². The summed E-state index contributed by atoms with van der Waals surface area (Å²) in [4.78, 5) is 25.0. The van der Waals surface area contributed by atoms with Gasteiger partial charge in [0.05, 0.1) is 25.1 Å². The van der Waals surface area contributed by atoms with E-state index in [2.05, 4.69) is 25.0 Å². The largest absolute Gasteiger partial charge is 0.394 e. The van der Waals surface area contributed by atoms with Crippen molar-refractivity contribution in [3.63, 3.8) is 0 Å². The summed E-state index contributed by atoms with van der Waals surface area (Å²) in [6.45, 7) is -0.283. The van der Waals surface area contributed by atoms with Crippen LogP contribution in [0.4, 0.5) is 5.95 Å². The van der Waals surface area contributed by atoms with E-state index in [1.165, 1.54) is 10.9 Å². The average molecular weight is 292 g/mol. The summed E-state index contributed by atoms with van der Waals surface area (Å²) in [5, 5.41) is 12.8. The quantitative estimate of drug-likeness (QED) is 0.397. The number of hydrogen-bond donors (Lipinski definition) is 3. The van der Waals surface area contributed by atoms with Crippen molar-refractivity contribution in [2.75, 3.05) is 12.3 Å². The lowest BCUT2D eigenvalue weighted by atomic mass is 10.1. The maximum Gasteiger partial charge on any atom is 0.278 e. The SMILES string of the molecule is [N-]=[N+]=NC1C[C@H](n2cnc3nc(N)[nH]c(=O)c32)O[C@@H]1CO. The summed E-state index contributed by atoms with van der Waals surface area (Å²) in [5.74, 6) is -0.0229. The Morgan fingerprint density at radius 3 is 3.24 bits per heavy atom. The van der Waals surface area contributed by atoms with Crippen LogP contribution in [0.2, 0.25) is 0 Å². The second kappa shape index (κ2) is 5.05. The summed E-state index contributed by atoms with van der Waals surface area (Å²) in [6, 6.07) is -0.511. The van der Waals surface area contributed by atoms with Gasteiger partial charge in [0.1, 0.15) is 6.23 Å². The van der Waals surface area contributed by atoms with Crippen molar-refractivity contribution in [1.29, 1.82) is 0 Å². The molecule has 3 rings (SSSR count). The van der Waals surface area contributed by atoms with Crippen LogP contribution in [-0.2, 0) is 4.74 Å². The number of ether oxygens (including phenoxy) is 1. The number of hydrogen-bond acceptors (Lipinski definition) is 7. The molecular formula is C10H12N8O3. The first kappa shape index (κ1) is 13.4. The van der Waals surface area contributed by atoms with Crippen LogP contribution in [0.25, 0.3) is 21.6 Å². The van der Waals surface area contributed by atoms with E-state index in [0.29, 0.717) is 6.42 Å². The third kappa shape index (κ3) is 2.18. The number of nitrogens with one attached hydrogen (secondary N) is 1. The van der Waals surface area contributed by atoms with Crippen LogP contribution in [0, 0.1) is 0 Å². The molecule has 0 radical (unpaired) electrons. The van der Waals surface area contributed by atoms with Crippen molar-refractivity contribution in [2.24, 2.45) is 5.11 Å². The van der Waals surface area contributed by atoms with Gasteiger partial charge in [-0.1, -0.05) is 5.11 Å². The molecule has 1 aliphatic rings. The number of nitrogen functional groups attached to an aromatic ring is 1. The summed E-state index contributed by atoms with van der Waals surface area (Å²) in [7, 11) is 0. The smallest absolute Gasteiger partial charge is 0.278 e. The first-order valence-electron chi connectivity index (χ1n) is 6.17. The molecule has 110 valence electrons. The molecule has 0 aromatic carbocycles. The minimum Gasteiger partial charge on any atom is -0.394 e. The second-order valence-electron chi connectivity index (χ2n) is 4.59. The Balaban J connectivity index is 2.02. The van der Waals surface area contributed by atoms with Crippen LogP contribution >= 0.6 is 0 Å². The average Bonchev–Trinajstić information content (AvgIpc) is 3.02. The van der Waals surface area contributed by atoms with Crippen LogP contribution in [0.15, 0.2) is 16.2 Å². The maximum absolute atomic E-state index is 12.0. The van der Waals surface area contributed by atoms with Gasteiger partial charge >= 0.3 is 0 Å².